The number of Topliss-reactive ketones (excluding diaryl/α,β-unsaturated/α-hetero) is 1. The predicted molar refractivity (Wildman–Crippen MR) is 78.9 cm³/mol. The molecule has 0 spiro atoms. The van der Waals surface area contributed by atoms with Gasteiger partial charge in [0.1, 0.15) is 11.6 Å². The zero-order valence-electron chi connectivity index (χ0n) is 12.0. The Morgan fingerprint density at radius 1 is 1.29 bits per heavy atom. The van der Waals surface area contributed by atoms with Crippen LogP contribution in [-0.2, 0) is 4.79 Å². The van der Waals surface area contributed by atoms with Gasteiger partial charge in [0.05, 0.1) is 5.56 Å². The molecule has 112 valence electrons. The van der Waals surface area contributed by atoms with Crippen molar-refractivity contribution in [3.05, 3.63) is 54.9 Å². The van der Waals surface area contributed by atoms with Crippen LogP contribution in [0.3, 0.4) is 0 Å². The number of carbonyl (C=O) groups is 2. The topological polar surface area (TPSA) is 46.6 Å². The summed E-state index contributed by atoms with van der Waals surface area (Å²) < 4.78 is 18.5. The molecule has 1 aromatic rings. The van der Waals surface area contributed by atoms with E-state index in [1.54, 1.807) is 12.2 Å². The van der Waals surface area contributed by atoms with Crippen molar-refractivity contribution in [3.63, 3.8) is 0 Å². The van der Waals surface area contributed by atoms with Gasteiger partial charge >= 0.3 is 0 Å². The van der Waals surface area contributed by atoms with E-state index in [4.69, 9.17) is 4.74 Å². The number of hydrogen-bond acceptors (Lipinski definition) is 3. The van der Waals surface area contributed by atoms with Gasteiger partial charge in [0.2, 0.25) is 0 Å². The Bertz CT molecular complexity index is 544. The fourth-order valence-corrected chi connectivity index (χ4v) is 1.72. The monoisotopic (exact) mass is 291 g/mol. The van der Waals surface area contributed by atoms with E-state index in [9.17, 15) is 14.0 Å². The van der Waals surface area contributed by atoms with Gasteiger partial charge in [-0.15, -0.1) is 13.2 Å². The first-order valence-corrected chi connectivity index (χ1v) is 6.42. The summed E-state index contributed by atoms with van der Waals surface area (Å²) >= 11 is 0. The second kappa shape index (κ2) is 7.99. The molecule has 0 bridgehead atoms. The Morgan fingerprint density at radius 3 is 2.43 bits per heavy atom. The summed E-state index contributed by atoms with van der Waals surface area (Å²) in [5, 5.41) is 0. The molecule has 0 aromatic heterocycles. The van der Waals surface area contributed by atoms with E-state index in [0.717, 1.165) is 6.07 Å². The zero-order chi connectivity index (χ0) is 15.8. The Labute approximate surface area is 123 Å². The van der Waals surface area contributed by atoms with Crippen molar-refractivity contribution < 1.29 is 18.7 Å². The van der Waals surface area contributed by atoms with Crippen LogP contribution in [0.15, 0.2) is 43.5 Å². The fraction of sp³-hybridized carbons (Fsp3) is 0.250. The van der Waals surface area contributed by atoms with E-state index in [1.807, 2.05) is 0 Å². The standard InChI is InChI=1S/C16H18FNO3/c1-4-8-18(9-5-2)16(20)11-21-15-7-6-13(17)10-14(15)12(3)19/h4-7,10H,1-2,8-9,11H2,3H3. The molecule has 1 aromatic carbocycles. The van der Waals surface area contributed by atoms with Crippen LogP contribution in [0.1, 0.15) is 17.3 Å². The molecule has 0 heterocycles. The van der Waals surface area contributed by atoms with Crippen LogP contribution in [0, 0.1) is 5.82 Å². The molecule has 0 aliphatic rings. The third kappa shape index (κ3) is 4.87. The quantitative estimate of drug-likeness (QED) is 0.546. The highest BCUT2D eigenvalue weighted by Gasteiger charge is 2.14. The first-order valence-electron chi connectivity index (χ1n) is 6.42. The SMILES string of the molecule is C=CCN(CC=C)C(=O)COc1ccc(F)cc1C(C)=O. The van der Waals surface area contributed by atoms with E-state index in [2.05, 4.69) is 13.2 Å². The van der Waals surface area contributed by atoms with Crippen molar-refractivity contribution >= 4 is 11.7 Å². The maximum absolute atomic E-state index is 13.1. The number of halogens is 1. The van der Waals surface area contributed by atoms with E-state index >= 15 is 0 Å². The van der Waals surface area contributed by atoms with E-state index < -0.39 is 5.82 Å². The van der Waals surface area contributed by atoms with Gasteiger partial charge in [0, 0.05) is 13.1 Å². The molecule has 0 fully saturated rings. The number of hydrogen-bond donors (Lipinski definition) is 0. The van der Waals surface area contributed by atoms with Crippen molar-refractivity contribution in [2.45, 2.75) is 6.92 Å². The lowest BCUT2D eigenvalue weighted by molar-refractivity contribution is -0.132. The summed E-state index contributed by atoms with van der Waals surface area (Å²) in [4.78, 5) is 24.9. The largest absolute Gasteiger partial charge is 0.483 e. The smallest absolute Gasteiger partial charge is 0.261 e. The normalized spacial score (nSPS) is 9.81. The molecular weight excluding hydrogens is 273 g/mol. The van der Waals surface area contributed by atoms with E-state index in [0.29, 0.717) is 13.1 Å². The maximum Gasteiger partial charge on any atom is 0.261 e. The Kier molecular flexibility index (Phi) is 6.33. The molecule has 5 heteroatoms. The van der Waals surface area contributed by atoms with Gasteiger partial charge < -0.3 is 9.64 Å². The molecule has 0 unspecified atom stereocenters. The minimum absolute atomic E-state index is 0.113. The average molecular weight is 291 g/mol. The van der Waals surface area contributed by atoms with Crippen LogP contribution in [0.4, 0.5) is 4.39 Å². The minimum atomic E-state index is -0.529. The lowest BCUT2D eigenvalue weighted by atomic mass is 10.1. The molecule has 0 aliphatic carbocycles. The van der Waals surface area contributed by atoms with Crippen molar-refractivity contribution in [2.75, 3.05) is 19.7 Å². The number of nitrogens with zero attached hydrogens (tertiary/aromatic N) is 1. The van der Waals surface area contributed by atoms with Gasteiger partial charge in [0.15, 0.2) is 12.4 Å². The first kappa shape index (κ1) is 16.6. The molecule has 21 heavy (non-hydrogen) atoms. The van der Waals surface area contributed by atoms with Gasteiger partial charge in [0.25, 0.3) is 5.91 Å². The van der Waals surface area contributed by atoms with E-state index in [-0.39, 0.29) is 29.6 Å². The second-order valence-electron chi connectivity index (χ2n) is 4.36. The summed E-state index contributed by atoms with van der Waals surface area (Å²) in [6, 6.07) is 3.61. The Hall–Kier alpha value is -2.43. The molecule has 4 nitrogen and oxygen atoms in total. The highest BCUT2D eigenvalue weighted by atomic mass is 19.1. The third-order valence-corrected chi connectivity index (χ3v) is 2.72. The second-order valence-corrected chi connectivity index (χ2v) is 4.36. The number of benzene rings is 1. The highest BCUT2D eigenvalue weighted by Crippen LogP contribution is 2.20. The lowest BCUT2D eigenvalue weighted by Gasteiger charge is -2.19. The molecular formula is C16H18FNO3. The molecule has 1 rings (SSSR count). The van der Waals surface area contributed by atoms with Gasteiger partial charge in [-0.3, -0.25) is 9.59 Å². The van der Waals surface area contributed by atoms with Crippen LogP contribution in [0.5, 0.6) is 5.75 Å². The minimum Gasteiger partial charge on any atom is -0.483 e. The number of amides is 1. The number of carbonyl (C=O) groups excluding carboxylic acids is 2. The molecule has 0 saturated heterocycles. The average Bonchev–Trinajstić information content (AvgIpc) is 2.45. The van der Waals surface area contributed by atoms with Gasteiger partial charge in [-0.1, -0.05) is 12.2 Å². The van der Waals surface area contributed by atoms with Crippen LogP contribution >= 0.6 is 0 Å². The van der Waals surface area contributed by atoms with Crippen LogP contribution < -0.4 is 4.74 Å². The first-order chi connectivity index (χ1) is 9.99. The summed E-state index contributed by atoms with van der Waals surface area (Å²) in [5.41, 5.74) is 0.113. The van der Waals surface area contributed by atoms with Crippen molar-refractivity contribution in [2.24, 2.45) is 0 Å². The Balaban J connectivity index is 2.78. The zero-order valence-corrected chi connectivity index (χ0v) is 12.0. The molecule has 0 saturated carbocycles. The molecule has 1 amide bonds. The molecule has 0 radical (unpaired) electrons. The van der Waals surface area contributed by atoms with Crippen LogP contribution in [0.2, 0.25) is 0 Å². The third-order valence-electron chi connectivity index (χ3n) is 2.72. The maximum atomic E-state index is 13.1. The van der Waals surface area contributed by atoms with E-state index in [1.165, 1.54) is 24.0 Å². The summed E-state index contributed by atoms with van der Waals surface area (Å²) in [6.45, 7) is 8.96. The lowest BCUT2D eigenvalue weighted by Crippen LogP contribution is -2.35. The Morgan fingerprint density at radius 2 is 1.90 bits per heavy atom. The molecule has 0 aliphatic heterocycles. The summed E-state index contributed by atoms with van der Waals surface area (Å²) in [5.74, 6) is -0.937. The number of ether oxygens (including phenoxy) is 1. The number of rotatable bonds is 8. The van der Waals surface area contributed by atoms with Crippen molar-refractivity contribution in [1.29, 1.82) is 0 Å². The van der Waals surface area contributed by atoms with Gasteiger partial charge in [-0.25, -0.2) is 4.39 Å². The highest BCUT2D eigenvalue weighted by molar-refractivity contribution is 5.96. The fourth-order valence-electron chi connectivity index (χ4n) is 1.72. The van der Waals surface area contributed by atoms with Crippen LogP contribution in [0.25, 0.3) is 0 Å². The molecule has 0 atom stereocenters. The summed E-state index contributed by atoms with van der Waals surface area (Å²) in [7, 11) is 0. The van der Waals surface area contributed by atoms with Gasteiger partial charge in [-0.05, 0) is 25.1 Å². The van der Waals surface area contributed by atoms with Crippen LogP contribution in [-0.4, -0.2) is 36.3 Å². The van der Waals surface area contributed by atoms with Crippen molar-refractivity contribution in [1.82, 2.24) is 4.90 Å². The van der Waals surface area contributed by atoms with Crippen molar-refractivity contribution in [3.8, 4) is 5.75 Å². The summed E-state index contributed by atoms with van der Waals surface area (Å²) in [6.07, 6.45) is 3.20. The molecule has 0 N–H and O–H groups in total. The predicted octanol–water partition coefficient (Wildman–Crippen LogP) is 2.61. The number of ketones is 1. The van der Waals surface area contributed by atoms with Gasteiger partial charge in [-0.2, -0.15) is 0 Å².